The van der Waals surface area contributed by atoms with Crippen molar-refractivity contribution in [3.8, 4) is 6.07 Å². The Morgan fingerprint density at radius 3 is 1.33 bits per heavy atom. The van der Waals surface area contributed by atoms with Gasteiger partial charge >= 0.3 is 17.1 Å². The molecule has 0 aliphatic heterocycles. The van der Waals surface area contributed by atoms with E-state index >= 15 is 0 Å². The first-order valence-electron chi connectivity index (χ1n) is 0.724. The maximum atomic E-state index is 7.32. The van der Waals surface area contributed by atoms with Crippen molar-refractivity contribution in [3.63, 3.8) is 0 Å². The number of hydrogen-bond donors (Lipinski definition) is 0. The van der Waals surface area contributed by atoms with Crippen molar-refractivity contribution >= 4 is 0 Å². The Bertz CT molecular complexity index is 33.0. The van der Waals surface area contributed by atoms with Crippen LogP contribution in [0.15, 0.2) is 0 Å². The molecule has 41 valence electrons. The minimum absolute atomic E-state index is 0. The quantitative estimate of drug-likeness (QED) is 0.337. The first-order chi connectivity index (χ1) is 1.41. The van der Waals surface area contributed by atoms with Crippen molar-refractivity contribution in [1.29, 1.82) is 5.26 Å². The summed E-state index contributed by atoms with van der Waals surface area (Å²) in [6, 6.07) is 1.75. The van der Waals surface area contributed by atoms with Crippen molar-refractivity contribution in [2.75, 3.05) is 0 Å². The molecule has 0 aromatic heterocycles. The van der Waals surface area contributed by atoms with Crippen LogP contribution in [0.3, 0.4) is 0 Å². The molecule has 0 aromatic rings. The Hall–Kier alpha value is 0.589. The second-order valence-corrected chi connectivity index (χ2v) is 0.224. The smallest absolute Gasteiger partial charge is 1.00 e. The van der Waals surface area contributed by atoms with Crippen LogP contribution in [0, 0.1) is 11.3 Å². The summed E-state index contributed by atoms with van der Waals surface area (Å²) in [7, 11) is 0. The molecule has 0 aliphatic rings. The van der Waals surface area contributed by atoms with Gasteiger partial charge in [-0.2, -0.15) is 5.26 Å². The predicted octanol–water partition coefficient (Wildman–Crippen LogP) is -5.46. The molecule has 4 heteroatoms. The second-order valence-electron chi connectivity index (χ2n) is 0.224. The predicted molar refractivity (Wildman–Crippen MR) is 11.3 cm³/mol. The average molecular weight is 176 g/mol. The van der Waals surface area contributed by atoms with Gasteiger partial charge in [0.1, 0.15) is 0 Å². The molecule has 0 aromatic carbocycles. The summed E-state index contributed by atoms with van der Waals surface area (Å²) in [4.78, 5) is 0. The van der Waals surface area contributed by atoms with Crippen LogP contribution in [-0.2, 0) is 17.1 Å². The van der Waals surface area contributed by atoms with Gasteiger partial charge in [0.05, 0.1) is 6.07 Å². The van der Waals surface area contributed by atoms with Crippen LogP contribution in [0.4, 0.5) is 0 Å². The van der Waals surface area contributed by atoms with E-state index in [1.807, 2.05) is 0 Å². The van der Waals surface area contributed by atoms with E-state index in [0.717, 1.165) is 0 Å². The molecule has 1 nitrogen and oxygen atoms in total. The Morgan fingerprint density at radius 2 is 1.33 bits per heavy atom. The van der Waals surface area contributed by atoms with Crippen molar-refractivity contribution in [3.05, 3.63) is 0 Å². The summed E-state index contributed by atoms with van der Waals surface area (Å²) in [5.41, 5.74) is 0. The van der Waals surface area contributed by atoms with E-state index in [1.165, 1.54) is 6.92 Å². The molecule has 0 saturated heterocycles. The first-order valence-corrected chi connectivity index (χ1v) is 0.724. The summed E-state index contributed by atoms with van der Waals surface area (Å²) >= 11 is 0. The van der Waals surface area contributed by atoms with Crippen LogP contribution in [0.2, 0.25) is 0 Å². The largest absolute Gasteiger partial charge is 2.00 e. The first kappa shape index (κ1) is 30.7. The SMILES string of the molecule is CC#N.[Cl-].[Cl-].[Cu+2]. The number of rotatable bonds is 0. The van der Waals surface area contributed by atoms with Gasteiger partial charge in [0, 0.05) is 6.92 Å². The van der Waals surface area contributed by atoms with Gasteiger partial charge in [-0.05, 0) is 0 Å². The summed E-state index contributed by atoms with van der Waals surface area (Å²) in [5, 5.41) is 7.32. The van der Waals surface area contributed by atoms with Gasteiger partial charge in [-0.3, -0.25) is 0 Å². The molecule has 0 bridgehead atoms. The fraction of sp³-hybridized carbons (Fsp3) is 0.500. The summed E-state index contributed by atoms with van der Waals surface area (Å²) in [6.07, 6.45) is 0. The van der Waals surface area contributed by atoms with Crippen LogP contribution in [-0.4, -0.2) is 0 Å². The van der Waals surface area contributed by atoms with E-state index in [0.29, 0.717) is 0 Å². The monoisotopic (exact) mass is 174 g/mol. The zero-order chi connectivity index (χ0) is 2.71. The molecule has 1 radical (unpaired) electrons. The van der Waals surface area contributed by atoms with Gasteiger partial charge in [0.25, 0.3) is 0 Å². The third kappa shape index (κ3) is 170. The van der Waals surface area contributed by atoms with Gasteiger partial charge in [0.2, 0.25) is 0 Å². The molecule has 6 heavy (non-hydrogen) atoms. The van der Waals surface area contributed by atoms with Crippen molar-refractivity contribution in [1.82, 2.24) is 0 Å². The third-order valence-corrected chi connectivity index (χ3v) is 0. The molecule has 0 atom stereocenters. The molecule has 0 heterocycles. The van der Waals surface area contributed by atoms with E-state index in [1.54, 1.807) is 6.07 Å². The summed E-state index contributed by atoms with van der Waals surface area (Å²) in [6.45, 7) is 1.43. The van der Waals surface area contributed by atoms with Crippen molar-refractivity contribution in [2.24, 2.45) is 0 Å². The number of nitriles is 1. The van der Waals surface area contributed by atoms with Gasteiger partial charge in [-0.25, -0.2) is 0 Å². The van der Waals surface area contributed by atoms with Crippen LogP contribution >= 0.6 is 0 Å². The normalized spacial score (nSPS) is 1.33. The molecule has 0 spiro atoms. The fourth-order valence-electron chi connectivity index (χ4n) is 0. The molecule has 0 saturated carbocycles. The number of halogens is 2. The minimum atomic E-state index is 0. The van der Waals surface area contributed by atoms with Gasteiger partial charge < -0.3 is 24.8 Å². The van der Waals surface area contributed by atoms with Crippen molar-refractivity contribution in [2.45, 2.75) is 6.92 Å². The second kappa shape index (κ2) is 46.6. The molecule has 0 unspecified atom stereocenters. The molecular weight excluding hydrogens is 172 g/mol. The summed E-state index contributed by atoms with van der Waals surface area (Å²) in [5.74, 6) is 0. The Morgan fingerprint density at radius 1 is 1.33 bits per heavy atom. The minimum Gasteiger partial charge on any atom is -1.00 e. The van der Waals surface area contributed by atoms with E-state index in [-0.39, 0.29) is 41.9 Å². The topological polar surface area (TPSA) is 23.8 Å². The number of nitrogens with zero attached hydrogens (tertiary/aromatic N) is 1. The number of hydrogen-bond acceptors (Lipinski definition) is 1. The summed E-state index contributed by atoms with van der Waals surface area (Å²) < 4.78 is 0. The van der Waals surface area contributed by atoms with Crippen LogP contribution in [0.1, 0.15) is 6.92 Å². The third-order valence-electron chi connectivity index (χ3n) is 0. The fourth-order valence-corrected chi connectivity index (χ4v) is 0. The standard InChI is InChI=1S/C2H3N.2ClH.Cu/c1-2-3;;;/h1H3;2*1H;/q;;;+2/p-2. The Labute approximate surface area is 60.4 Å². The van der Waals surface area contributed by atoms with E-state index in [2.05, 4.69) is 0 Å². The van der Waals surface area contributed by atoms with Gasteiger partial charge in [-0.15, -0.1) is 0 Å². The van der Waals surface area contributed by atoms with Crippen LogP contribution in [0.5, 0.6) is 0 Å². The van der Waals surface area contributed by atoms with Gasteiger partial charge in [0.15, 0.2) is 0 Å². The zero-order valence-electron chi connectivity index (χ0n) is 3.00. The maximum Gasteiger partial charge on any atom is 2.00 e. The van der Waals surface area contributed by atoms with Gasteiger partial charge in [-0.1, -0.05) is 0 Å². The Kier molecular flexibility index (Phi) is 238. The van der Waals surface area contributed by atoms with Crippen LogP contribution in [0.25, 0.3) is 0 Å². The molecule has 0 N–H and O–H groups in total. The van der Waals surface area contributed by atoms with E-state index in [9.17, 15) is 0 Å². The average Bonchev–Trinajstić information content (AvgIpc) is 0.918. The van der Waals surface area contributed by atoms with E-state index in [4.69, 9.17) is 5.26 Å². The van der Waals surface area contributed by atoms with Crippen molar-refractivity contribution < 1.29 is 41.9 Å². The molecule has 0 rings (SSSR count). The maximum absolute atomic E-state index is 7.32. The molecule has 0 amide bonds. The molecule has 0 fully saturated rings. The van der Waals surface area contributed by atoms with Crippen LogP contribution < -0.4 is 24.8 Å². The Balaban J connectivity index is -0.00000000667. The van der Waals surface area contributed by atoms with E-state index < -0.39 is 0 Å². The molecular formula is C2H3Cl2CuN. The molecule has 0 aliphatic carbocycles. The zero-order valence-corrected chi connectivity index (χ0v) is 5.46.